The molecule has 0 saturated heterocycles. The predicted octanol–water partition coefficient (Wildman–Crippen LogP) is 4.27. The van der Waals surface area contributed by atoms with Gasteiger partial charge in [-0.15, -0.1) is 5.11 Å². The molecule has 2 aromatic carbocycles. The zero-order valence-corrected chi connectivity index (χ0v) is 10.0. The van der Waals surface area contributed by atoms with Crippen LogP contribution in [0, 0.1) is 0 Å². The number of aromatic hydroxyl groups is 1. The molecule has 2 rings (SSSR count). The Morgan fingerprint density at radius 2 is 1.89 bits per heavy atom. The molecule has 0 bridgehead atoms. The summed E-state index contributed by atoms with van der Waals surface area (Å²) in [6.45, 7) is 0. The van der Waals surface area contributed by atoms with Crippen LogP contribution in [0.3, 0.4) is 0 Å². The zero-order valence-electron chi connectivity index (χ0n) is 9.25. The van der Waals surface area contributed by atoms with Gasteiger partial charge in [0, 0.05) is 0 Å². The maximum absolute atomic E-state index is 10.7. The molecule has 0 aliphatic carbocycles. The molecule has 0 spiro atoms. The minimum Gasteiger partial charge on any atom is -0.507 e. The van der Waals surface area contributed by atoms with Crippen molar-refractivity contribution in [3.8, 4) is 5.75 Å². The van der Waals surface area contributed by atoms with Crippen LogP contribution in [0.15, 0.2) is 52.7 Å². The van der Waals surface area contributed by atoms with Gasteiger partial charge in [-0.05, 0) is 30.3 Å². The van der Waals surface area contributed by atoms with Crippen molar-refractivity contribution in [2.24, 2.45) is 10.2 Å². The monoisotopic (exact) mass is 260 g/mol. The lowest BCUT2D eigenvalue weighted by Crippen LogP contribution is -1.79. The second kappa shape index (κ2) is 5.42. The van der Waals surface area contributed by atoms with E-state index in [-0.39, 0.29) is 11.3 Å². The van der Waals surface area contributed by atoms with Crippen LogP contribution >= 0.6 is 11.6 Å². The molecule has 0 fully saturated rings. The normalized spacial score (nSPS) is 10.7. The molecule has 0 radical (unpaired) electrons. The number of carbonyl (C=O) groups is 1. The maximum Gasteiger partial charge on any atom is 0.153 e. The summed E-state index contributed by atoms with van der Waals surface area (Å²) in [5.41, 5.74) is 1.18. The highest BCUT2D eigenvalue weighted by Gasteiger charge is 2.01. The first kappa shape index (κ1) is 12.3. The second-order valence-electron chi connectivity index (χ2n) is 3.51. The molecule has 1 N–H and O–H groups in total. The van der Waals surface area contributed by atoms with Gasteiger partial charge in [-0.25, -0.2) is 0 Å². The van der Waals surface area contributed by atoms with Crippen LogP contribution in [0.1, 0.15) is 10.4 Å². The van der Waals surface area contributed by atoms with Crippen LogP contribution in [0.25, 0.3) is 0 Å². The number of aldehydes is 1. The third-order valence-corrected chi connectivity index (χ3v) is 2.58. The molecule has 0 amide bonds. The van der Waals surface area contributed by atoms with Crippen molar-refractivity contribution < 1.29 is 9.90 Å². The average molecular weight is 261 g/mol. The average Bonchev–Trinajstić information content (AvgIpc) is 2.39. The maximum atomic E-state index is 10.7. The molecule has 4 nitrogen and oxygen atoms in total. The fraction of sp³-hybridized carbons (Fsp3) is 0. The van der Waals surface area contributed by atoms with Gasteiger partial charge in [-0.3, -0.25) is 4.79 Å². The SMILES string of the molecule is O=Cc1cc(N=Nc2ccccc2Cl)ccc1O. The Balaban J connectivity index is 2.29. The van der Waals surface area contributed by atoms with Gasteiger partial charge in [0.25, 0.3) is 0 Å². The number of hydrogen-bond donors (Lipinski definition) is 1. The Morgan fingerprint density at radius 3 is 2.61 bits per heavy atom. The van der Waals surface area contributed by atoms with Crippen molar-refractivity contribution in [3.05, 3.63) is 53.1 Å². The lowest BCUT2D eigenvalue weighted by Gasteiger charge is -1.98. The molecule has 0 aliphatic rings. The van der Waals surface area contributed by atoms with E-state index in [2.05, 4.69) is 10.2 Å². The molecule has 90 valence electrons. The number of carbonyl (C=O) groups excluding carboxylic acids is 1. The Kier molecular flexibility index (Phi) is 3.69. The van der Waals surface area contributed by atoms with Crippen LogP contribution in [0.4, 0.5) is 11.4 Å². The van der Waals surface area contributed by atoms with Gasteiger partial charge in [0.2, 0.25) is 0 Å². The summed E-state index contributed by atoms with van der Waals surface area (Å²) in [5, 5.41) is 17.8. The first-order valence-corrected chi connectivity index (χ1v) is 5.53. The van der Waals surface area contributed by atoms with Crippen LogP contribution in [-0.4, -0.2) is 11.4 Å². The molecule has 0 atom stereocenters. The van der Waals surface area contributed by atoms with Crippen molar-refractivity contribution in [3.63, 3.8) is 0 Å². The first-order valence-electron chi connectivity index (χ1n) is 5.15. The van der Waals surface area contributed by atoms with E-state index in [0.717, 1.165) is 0 Å². The number of halogens is 1. The van der Waals surface area contributed by atoms with Gasteiger partial charge in [0.1, 0.15) is 11.4 Å². The summed E-state index contributed by atoms with van der Waals surface area (Å²) in [4.78, 5) is 10.7. The number of rotatable bonds is 3. The highest BCUT2D eigenvalue weighted by atomic mass is 35.5. The standard InChI is InChI=1S/C13H9ClN2O2/c14-11-3-1-2-4-12(11)16-15-10-5-6-13(18)9(7-10)8-17/h1-8,18H. The summed E-state index contributed by atoms with van der Waals surface area (Å²) in [6, 6.07) is 11.4. The minimum absolute atomic E-state index is 0.0818. The zero-order chi connectivity index (χ0) is 13.0. The van der Waals surface area contributed by atoms with E-state index in [9.17, 15) is 9.90 Å². The molecule has 18 heavy (non-hydrogen) atoms. The van der Waals surface area contributed by atoms with E-state index in [0.29, 0.717) is 22.7 Å². The molecule has 0 aliphatic heterocycles. The van der Waals surface area contributed by atoms with Gasteiger partial charge in [0.15, 0.2) is 6.29 Å². The van der Waals surface area contributed by atoms with Crippen molar-refractivity contribution in [1.29, 1.82) is 0 Å². The number of benzene rings is 2. The Labute approximate surface area is 109 Å². The number of phenolic OH excluding ortho intramolecular Hbond substituents is 1. The van der Waals surface area contributed by atoms with Crippen molar-refractivity contribution in [1.82, 2.24) is 0 Å². The topological polar surface area (TPSA) is 62.0 Å². The number of hydrogen-bond acceptors (Lipinski definition) is 4. The third-order valence-electron chi connectivity index (χ3n) is 2.26. The molecular weight excluding hydrogens is 252 g/mol. The Bertz CT molecular complexity index is 612. The molecule has 0 heterocycles. The van der Waals surface area contributed by atoms with Crippen LogP contribution < -0.4 is 0 Å². The largest absolute Gasteiger partial charge is 0.507 e. The number of azo groups is 1. The van der Waals surface area contributed by atoms with Crippen LogP contribution in [0.5, 0.6) is 5.75 Å². The first-order chi connectivity index (χ1) is 8.70. The molecule has 2 aromatic rings. The fourth-order valence-corrected chi connectivity index (χ4v) is 1.52. The lowest BCUT2D eigenvalue weighted by atomic mass is 10.2. The van der Waals surface area contributed by atoms with E-state index in [1.807, 2.05) is 0 Å². The fourth-order valence-electron chi connectivity index (χ4n) is 1.34. The molecule has 0 unspecified atom stereocenters. The van der Waals surface area contributed by atoms with Gasteiger partial charge >= 0.3 is 0 Å². The highest BCUT2D eigenvalue weighted by molar-refractivity contribution is 6.32. The summed E-state index contributed by atoms with van der Waals surface area (Å²) < 4.78 is 0. The quantitative estimate of drug-likeness (QED) is 0.661. The Hall–Kier alpha value is -2.20. The smallest absolute Gasteiger partial charge is 0.153 e. The summed E-state index contributed by atoms with van der Waals surface area (Å²) in [7, 11) is 0. The van der Waals surface area contributed by atoms with Crippen molar-refractivity contribution >= 4 is 29.3 Å². The van der Waals surface area contributed by atoms with E-state index in [4.69, 9.17) is 11.6 Å². The van der Waals surface area contributed by atoms with Gasteiger partial charge in [0.05, 0.1) is 16.3 Å². The summed E-state index contributed by atoms with van der Waals surface area (Å²) in [5.74, 6) is -0.0818. The van der Waals surface area contributed by atoms with E-state index < -0.39 is 0 Å². The Morgan fingerprint density at radius 1 is 1.11 bits per heavy atom. The lowest BCUT2D eigenvalue weighted by molar-refractivity contribution is 0.112. The third kappa shape index (κ3) is 2.73. The molecular formula is C13H9ClN2O2. The molecule has 5 heteroatoms. The van der Waals surface area contributed by atoms with E-state index in [1.54, 1.807) is 30.3 Å². The predicted molar refractivity (Wildman–Crippen MR) is 69.1 cm³/mol. The summed E-state index contributed by atoms with van der Waals surface area (Å²) in [6.07, 6.45) is 0.559. The van der Waals surface area contributed by atoms with E-state index >= 15 is 0 Å². The minimum atomic E-state index is -0.0818. The second-order valence-corrected chi connectivity index (χ2v) is 3.92. The van der Waals surface area contributed by atoms with Crippen LogP contribution in [-0.2, 0) is 0 Å². The highest BCUT2D eigenvalue weighted by Crippen LogP contribution is 2.27. The summed E-state index contributed by atoms with van der Waals surface area (Å²) >= 11 is 5.92. The van der Waals surface area contributed by atoms with Crippen molar-refractivity contribution in [2.45, 2.75) is 0 Å². The van der Waals surface area contributed by atoms with Gasteiger partial charge in [-0.1, -0.05) is 23.7 Å². The number of phenols is 1. The molecule has 0 aromatic heterocycles. The van der Waals surface area contributed by atoms with Gasteiger partial charge in [-0.2, -0.15) is 5.11 Å². The van der Waals surface area contributed by atoms with Gasteiger partial charge < -0.3 is 5.11 Å². The number of nitrogens with zero attached hydrogens (tertiary/aromatic N) is 2. The van der Waals surface area contributed by atoms with Crippen LogP contribution in [0.2, 0.25) is 5.02 Å². The van der Waals surface area contributed by atoms with Crippen molar-refractivity contribution in [2.75, 3.05) is 0 Å². The molecule has 0 saturated carbocycles. The van der Waals surface area contributed by atoms with E-state index in [1.165, 1.54) is 12.1 Å².